The van der Waals surface area contributed by atoms with E-state index in [4.69, 9.17) is 4.74 Å². The molecule has 1 rings (SSSR count). The second-order valence-electron chi connectivity index (χ2n) is 2.93. The highest BCUT2D eigenvalue weighted by Gasteiger charge is 2.34. The van der Waals surface area contributed by atoms with Gasteiger partial charge in [-0.15, -0.1) is 0 Å². The molecular formula is C9H9F3N2O2. The minimum Gasteiger partial charge on any atom is -0.462 e. The normalized spacial score (nSPS) is 11.2. The molecule has 4 nitrogen and oxygen atoms in total. The van der Waals surface area contributed by atoms with Gasteiger partial charge in [-0.1, -0.05) is 6.92 Å². The van der Waals surface area contributed by atoms with Gasteiger partial charge >= 0.3 is 12.1 Å². The molecule has 0 amide bonds. The number of hydrogen-bond donors (Lipinski definition) is 0. The zero-order valence-electron chi connectivity index (χ0n) is 8.41. The summed E-state index contributed by atoms with van der Waals surface area (Å²) in [6.45, 7) is 2.01. The molecule has 16 heavy (non-hydrogen) atoms. The molecule has 0 aromatic carbocycles. The van der Waals surface area contributed by atoms with Crippen molar-refractivity contribution in [2.24, 2.45) is 0 Å². The van der Waals surface area contributed by atoms with Crippen LogP contribution in [0.15, 0.2) is 12.4 Å². The number of ether oxygens (including phenoxy) is 1. The van der Waals surface area contributed by atoms with Crippen molar-refractivity contribution in [2.75, 3.05) is 6.61 Å². The Morgan fingerprint density at radius 3 is 2.38 bits per heavy atom. The molecule has 0 saturated heterocycles. The number of halogens is 3. The maximum absolute atomic E-state index is 12.1. The SMILES string of the molecule is CCCOC(=O)c1cnc(C(F)(F)F)nc1. The van der Waals surface area contributed by atoms with Gasteiger partial charge in [-0.2, -0.15) is 13.2 Å². The van der Waals surface area contributed by atoms with Crippen LogP contribution in [0.1, 0.15) is 29.5 Å². The summed E-state index contributed by atoms with van der Waals surface area (Å²) in [6.07, 6.45) is -2.37. The smallest absolute Gasteiger partial charge is 0.451 e. The highest BCUT2D eigenvalue weighted by atomic mass is 19.4. The van der Waals surface area contributed by atoms with Crippen LogP contribution >= 0.6 is 0 Å². The summed E-state index contributed by atoms with van der Waals surface area (Å²) in [6, 6.07) is 0. The molecule has 0 aliphatic rings. The predicted molar refractivity (Wildman–Crippen MR) is 47.6 cm³/mol. The van der Waals surface area contributed by atoms with Crippen molar-refractivity contribution in [3.63, 3.8) is 0 Å². The number of esters is 1. The van der Waals surface area contributed by atoms with Gasteiger partial charge in [-0.25, -0.2) is 14.8 Å². The molecule has 0 bridgehead atoms. The van der Waals surface area contributed by atoms with Gasteiger partial charge in [0.25, 0.3) is 0 Å². The fourth-order valence-electron chi connectivity index (χ4n) is 0.858. The summed E-state index contributed by atoms with van der Waals surface area (Å²) in [4.78, 5) is 17.3. The molecule has 88 valence electrons. The zero-order valence-corrected chi connectivity index (χ0v) is 8.41. The van der Waals surface area contributed by atoms with Crippen molar-refractivity contribution in [3.8, 4) is 0 Å². The van der Waals surface area contributed by atoms with E-state index in [0.29, 0.717) is 6.42 Å². The van der Waals surface area contributed by atoms with E-state index in [1.807, 2.05) is 0 Å². The first-order valence-electron chi connectivity index (χ1n) is 4.51. The van der Waals surface area contributed by atoms with Crippen molar-refractivity contribution in [2.45, 2.75) is 19.5 Å². The second-order valence-corrected chi connectivity index (χ2v) is 2.93. The highest BCUT2D eigenvalue weighted by molar-refractivity contribution is 5.88. The van der Waals surface area contributed by atoms with Crippen molar-refractivity contribution < 1.29 is 22.7 Å². The van der Waals surface area contributed by atoms with Crippen molar-refractivity contribution in [1.82, 2.24) is 9.97 Å². The Bertz CT molecular complexity index is 362. The summed E-state index contributed by atoms with van der Waals surface area (Å²) < 4.78 is 40.9. The van der Waals surface area contributed by atoms with Crippen LogP contribution in [-0.4, -0.2) is 22.5 Å². The van der Waals surface area contributed by atoms with E-state index in [9.17, 15) is 18.0 Å². The molecule has 1 aromatic heterocycles. The third kappa shape index (κ3) is 3.18. The molecule has 0 atom stereocenters. The lowest BCUT2D eigenvalue weighted by atomic mass is 10.3. The lowest BCUT2D eigenvalue weighted by Gasteiger charge is -2.05. The monoisotopic (exact) mass is 234 g/mol. The van der Waals surface area contributed by atoms with E-state index >= 15 is 0 Å². The van der Waals surface area contributed by atoms with Gasteiger partial charge in [-0.05, 0) is 6.42 Å². The van der Waals surface area contributed by atoms with E-state index in [1.54, 1.807) is 6.92 Å². The first-order valence-corrected chi connectivity index (χ1v) is 4.51. The standard InChI is InChI=1S/C9H9F3N2O2/c1-2-3-16-7(15)6-4-13-8(14-5-6)9(10,11)12/h4-5H,2-3H2,1H3. The Labute approximate surface area is 89.5 Å². The Balaban J connectivity index is 2.75. The maximum atomic E-state index is 12.1. The largest absolute Gasteiger partial charge is 0.462 e. The number of alkyl halides is 3. The summed E-state index contributed by atoms with van der Waals surface area (Å²) in [5.41, 5.74) is -0.0959. The van der Waals surface area contributed by atoms with Gasteiger partial charge in [-0.3, -0.25) is 0 Å². The number of aromatic nitrogens is 2. The van der Waals surface area contributed by atoms with Crippen molar-refractivity contribution in [3.05, 3.63) is 23.8 Å². The lowest BCUT2D eigenvalue weighted by molar-refractivity contribution is -0.145. The zero-order chi connectivity index (χ0) is 12.2. The third-order valence-corrected chi connectivity index (χ3v) is 1.58. The van der Waals surface area contributed by atoms with Crippen molar-refractivity contribution >= 4 is 5.97 Å². The van der Waals surface area contributed by atoms with Crippen LogP contribution in [0, 0.1) is 0 Å². The minimum absolute atomic E-state index is 0.0959. The topological polar surface area (TPSA) is 52.1 Å². The van der Waals surface area contributed by atoms with Crippen molar-refractivity contribution in [1.29, 1.82) is 0 Å². The molecule has 0 aliphatic carbocycles. The van der Waals surface area contributed by atoms with E-state index in [2.05, 4.69) is 9.97 Å². The van der Waals surface area contributed by atoms with Gasteiger partial charge in [0.15, 0.2) is 0 Å². The van der Waals surface area contributed by atoms with E-state index < -0.39 is 18.0 Å². The molecule has 0 unspecified atom stereocenters. The average molecular weight is 234 g/mol. The van der Waals surface area contributed by atoms with Gasteiger partial charge in [0.2, 0.25) is 5.82 Å². The first-order chi connectivity index (χ1) is 7.45. The van der Waals surface area contributed by atoms with Gasteiger partial charge in [0.1, 0.15) is 0 Å². The number of rotatable bonds is 3. The average Bonchev–Trinajstić information content (AvgIpc) is 2.25. The Kier molecular flexibility index (Phi) is 3.81. The van der Waals surface area contributed by atoms with Gasteiger partial charge in [0.05, 0.1) is 12.2 Å². The van der Waals surface area contributed by atoms with Crippen LogP contribution in [0.25, 0.3) is 0 Å². The summed E-state index contributed by atoms with van der Waals surface area (Å²) in [7, 11) is 0. The molecule has 1 aromatic rings. The lowest BCUT2D eigenvalue weighted by Crippen LogP contribution is -2.13. The van der Waals surface area contributed by atoms with Crippen LogP contribution in [-0.2, 0) is 10.9 Å². The molecule has 0 spiro atoms. The van der Waals surface area contributed by atoms with Crippen LogP contribution in [0.2, 0.25) is 0 Å². The van der Waals surface area contributed by atoms with Crippen LogP contribution in [0.5, 0.6) is 0 Å². The number of carbonyl (C=O) groups excluding carboxylic acids is 1. The predicted octanol–water partition coefficient (Wildman–Crippen LogP) is 2.06. The second kappa shape index (κ2) is 4.91. The van der Waals surface area contributed by atoms with Gasteiger partial charge < -0.3 is 4.74 Å². The summed E-state index contributed by atoms with van der Waals surface area (Å²) >= 11 is 0. The Morgan fingerprint density at radius 2 is 1.94 bits per heavy atom. The van der Waals surface area contributed by atoms with Crippen LogP contribution in [0.3, 0.4) is 0 Å². The molecule has 0 N–H and O–H groups in total. The highest BCUT2D eigenvalue weighted by Crippen LogP contribution is 2.25. The minimum atomic E-state index is -4.61. The van der Waals surface area contributed by atoms with E-state index in [0.717, 1.165) is 12.4 Å². The fourth-order valence-corrected chi connectivity index (χ4v) is 0.858. The van der Waals surface area contributed by atoms with Crippen LogP contribution < -0.4 is 0 Å². The molecular weight excluding hydrogens is 225 g/mol. The Morgan fingerprint density at radius 1 is 1.38 bits per heavy atom. The van der Waals surface area contributed by atoms with Gasteiger partial charge in [0, 0.05) is 12.4 Å². The van der Waals surface area contributed by atoms with E-state index in [-0.39, 0.29) is 12.2 Å². The quantitative estimate of drug-likeness (QED) is 0.751. The summed E-state index contributed by atoms with van der Waals surface area (Å²) in [5.74, 6) is -2.00. The maximum Gasteiger partial charge on any atom is 0.451 e. The third-order valence-electron chi connectivity index (χ3n) is 1.58. The molecule has 0 radical (unpaired) electrons. The molecule has 1 heterocycles. The number of nitrogens with zero attached hydrogens (tertiary/aromatic N) is 2. The Hall–Kier alpha value is -1.66. The molecule has 0 saturated carbocycles. The molecule has 0 aliphatic heterocycles. The number of carbonyl (C=O) groups is 1. The number of hydrogen-bond acceptors (Lipinski definition) is 4. The molecule has 7 heteroatoms. The first kappa shape index (κ1) is 12.4. The van der Waals surface area contributed by atoms with Crippen LogP contribution in [0.4, 0.5) is 13.2 Å². The molecule has 0 fully saturated rings. The fraction of sp³-hybridized carbons (Fsp3) is 0.444. The summed E-state index contributed by atoms with van der Waals surface area (Å²) in [5, 5.41) is 0. The van der Waals surface area contributed by atoms with E-state index in [1.165, 1.54) is 0 Å².